The van der Waals surface area contributed by atoms with E-state index >= 15 is 0 Å². The van der Waals surface area contributed by atoms with Gasteiger partial charge in [-0.05, 0) is 41.8 Å². The Morgan fingerprint density at radius 1 is 1.19 bits per heavy atom. The van der Waals surface area contributed by atoms with Crippen LogP contribution in [0, 0.1) is 5.82 Å². The molecule has 0 aromatic heterocycles. The molecule has 2 N–H and O–H groups in total. The minimum atomic E-state index is -1.04. The van der Waals surface area contributed by atoms with Crippen LogP contribution in [0.15, 0.2) is 40.9 Å². The Labute approximate surface area is 129 Å². The minimum Gasteiger partial charge on any atom is -0.384 e. The number of halogens is 2. The summed E-state index contributed by atoms with van der Waals surface area (Å²) < 4.78 is 14.6. The smallest absolute Gasteiger partial charge is 0.224 e. The number of rotatable bonds is 2. The van der Waals surface area contributed by atoms with Crippen LogP contribution >= 0.6 is 15.9 Å². The lowest BCUT2D eigenvalue weighted by atomic mass is 9.95. The third kappa shape index (κ3) is 2.84. The third-order valence-electron chi connectivity index (χ3n) is 3.59. The second-order valence-corrected chi connectivity index (χ2v) is 5.95. The fourth-order valence-corrected chi connectivity index (χ4v) is 2.86. The first-order valence-corrected chi connectivity index (χ1v) is 7.39. The molecule has 2 aromatic carbocycles. The van der Waals surface area contributed by atoms with Gasteiger partial charge >= 0.3 is 0 Å². The number of carbonyl (C=O) groups excluding carboxylic acids is 1. The zero-order valence-electron chi connectivity index (χ0n) is 11.1. The molecular formula is C16H13BrFNO2. The standard InChI is InChI=1S/C16H13BrFNO2/c17-11-3-4-13(18)12(8-11)16(21)10-1-5-14-9(7-10)2-6-15(20)19-14/h1,3-5,7-8,16,21H,2,6H2,(H,19,20). The molecule has 0 fully saturated rings. The van der Waals surface area contributed by atoms with Gasteiger partial charge in [-0.3, -0.25) is 4.79 Å². The molecule has 0 spiro atoms. The molecule has 0 aliphatic carbocycles. The van der Waals surface area contributed by atoms with Gasteiger partial charge < -0.3 is 10.4 Å². The summed E-state index contributed by atoms with van der Waals surface area (Å²) in [7, 11) is 0. The van der Waals surface area contributed by atoms with E-state index in [1.165, 1.54) is 6.07 Å². The van der Waals surface area contributed by atoms with Crippen molar-refractivity contribution in [3.05, 3.63) is 63.4 Å². The Kier molecular flexibility index (Phi) is 3.78. The number of anilines is 1. The van der Waals surface area contributed by atoms with Gasteiger partial charge in [-0.15, -0.1) is 0 Å². The summed E-state index contributed by atoms with van der Waals surface area (Å²) >= 11 is 3.28. The van der Waals surface area contributed by atoms with Crippen molar-refractivity contribution in [2.75, 3.05) is 5.32 Å². The maximum Gasteiger partial charge on any atom is 0.224 e. The number of benzene rings is 2. The van der Waals surface area contributed by atoms with Gasteiger partial charge in [0.25, 0.3) is 0 Å². The molecule has 0 bridgehead atoms. The van der Waals surface area contributed by atoms with Crippen LogP contribution in [0.2, 0.25) is 0 Å². The first-order chi connectivity index (χ1) is 10.0. The highest BCUT2D eigenvalue weighted by molar-refractivity contribution is 9.10. The van der Waals surface area contributed by atoms with Crippen molar-refractivity contribution in [1.29, 1.82) is 0 Å². The summed E-state index contributed by atoms with van der Waals surface area (Å²) in [6.07, 6.45) is 0.0194. The highest BCUT2D eigenvalue weighted by Crippen LogP contribution is 2.31. The van der Waals surface area contributed by atoms with Crippen molar-refractivity contribution in [1.82, 2.24) is 0 Å². The largest absolute Gasteiger partial charge is 0.384 e. The number of hydrogen-bond acceptors (Lipinski definition) is 2. The average Bonchev–Trinajstić information content (AvgIpc) is 2.48. The van der Waals surface area contributed by atoms with Gasteiger partial charge in [0.15, 0.2) is 0 Å². The summed E-state index contributed by atoms with van der Waals surface area (Å²) in [4.78, 5) is 11.3. The number of aliphatic hydroxyl groups is 1. The maximum absolute atomic E-state index is 13.9. The van der Waals surface area contributed by atoms with Crippen LogP contribution in [0.25, 0.3) is 0 Å². The van der Waals surface area contributed by atoms with E-state index in [4.69, 9.17) is 0 Å². The van der Waals surface area contributed by atoms with Gasteiger partial charge in [0, 0.05) is 22.1 Å². The van der Waals surface area contributed by atoms with E-state index in [0.29, 0.717) is 22.9 Å². The van der Waals surface area contributed by atoms with E-state index in [1.54, 1.807) is 24.3 Å². The van der Waals surface area contributed by atoms with E-state index in [-0.39, 0.29) is 11.5 Å². The Balaban J connectivity index is 1.97. The highest BCUT2D eigenvalue weighted by Gasteiger charge is 2.19. The molecule has 108 valence electrons. The molecule has 1 amide bonds. The molecule has 1 atom stereocenters. The van der Waals surface area contributed by atoms with Gasteiger partial charge in [0.05, 0.1) is 0 Å². The molecule has 3 rings (SSSR count). The first-order valence-electron chi connectivity index (χ1n) is 6.60. The average molecular weight is 350 g/mol. The van der Waals surface area contributed by atoms with Crippen molar-refractivity contribution >= 4 is 27.5 Å². The molecule has 1 aliphatic rings. The molecule has 2 aromatic rings. The number of aryl methyl sites for hydroxylation is 1. The molecule has 3 nitrogen and oxygen atoms in total. The molecule has 5 heteroatoms. The summed E-state index contributed by atoms with van der Waals surface area (Å²) in [5.74, 6) is -0.453. The quantitative estimate of drug-likeness (QED) is 0.870. The van der Waals surface area contributed by atoms with Crippen LogP contribution in [0.5, 0.6) is 0 Å². The summed E-state index contributed by atoms with van der Waals surface area (Å²) in [6.45, 7) is 0. The predicted molar refractivity (Wildman–Crippen MR) is 81.6 cm³/mol. The third-order valence-corrected chi connectivity index (χ3v) is 4.09. The van der Waals surface area contributed by atoms with E-state index in [1.807, 2.05) is 6.07 Å². The van der Waals surface area contributed by atoms with Crippen molar-refractivity contribution in [2.45, 2.75) is 18.9 Å². The van der Waals surface area contributed by atoms with Crippen LogP contribution in [-0.4, -0.2) is 11.0 Å². The molecule has 0 radical (unpaired) electrons. The predicted octanol–water partition coefficient (Wildman–Crippen LogP) is 3.55. The van der Waals surface area contributed by atoms with Crippen LogP contribution in [0.4, 0.5) is 10.1 Å². The van der Waals surface area contributed by atoms with Crippen LogP contribution in [0.1, 0.15) is 29.2 Å². The van der Waals surface area contributed by atoms with E-state index < -0.39 is 11.9 Å². The van der Waals surface area contributed by atoms with Gasteiger partial charge in [0.1, 0.15) is 11.9 Å². The number of carbonyl (C=O) groups is 1. The first kappa shape index (κ1) is 14.2. The van der Waals surface area contributed by atoms with Gasteiger partial charge in [-0.2, -0.15) is 0 Å². The van der Waals surface area contributed by atoms with Crippen LogP contribution in [-0.2, 0) is 11.2 Å². The normalized spacial score (nSPS) is 15.3. The van der Waals surface area contributed by atoms with E-state index in [0.717, 1.165) is 11.3 Å². The van der Waals surface area contributed by atoms with Crippen LogP contribution < -0.4 is 5.32 Å². The van der Waals surface area contributed by atoms with E-state index in [9.17, 15) is 14.3 Å². The lowest BCUT2D eigenvalue weighted by Crippen LogP contribution is -2.19. The number of aliphatic hydroxyl groups excluding tert-OH is 1. The number of hydrogen-bond donors (Lipinski definition) is 2. The van der Waals surface area contributed by atoms with Crippen LogP contribution in [0.3, 0.4) is 0 Å². The molecule has 1 aliphatic heterocycles. The SMILES string of the molecule is O=C1CCc2cc(C(O)c3cc(Br)ccc3F)ccc2N1. The Morgan fingerprint density at radius 3 is 2.81 bits per heavy atom. The van der Waals surface area contributed by atoms with Crippen molar-refractivity contribution in [3.8, 4) is 0 Å². The number of amides is 1. The fraction of sp³-hybridized carbons (Fsp3) is 0.188. The summed E-state index contributed by atoms with van der Waals surface area (Å²) in [5.41, 5.74) is 2.56. The summed E-state index contributed by atoms with van der Waals surface area (Å²) in [6, 6.07) is 9.76. The van der Waals surface area contributed by atoms with E-state index in [2.05, 4.69) is 21.2 Å². The van der Waals surface area contributed by atoms with Gasteiger partial charge in [0.2, 0.25) is 5.91 Å². The molecule has 0 saturated carbocycles. The van der Waals surface area contributed by atoms with Crippen molar-refractivity contribution in [3.63, 3.8) is 0 Å². The fourth-order valence-electron chi connectivity index (χ4n) is 2.48. The minimum absolute atomic E-state index is 0.00571. The highest BCUT2D eigenvalue weighted by atomic mass is 79.9. The lowest BCUT2D eigenvalue weighted by Gasteiger charge is -2.20. The zero-order chi connectivity index (χ0) is 15.0. The van der Waals surface area contributed by atoms with Crippen molar-refractivity contribution < 1.29 is 14.3 Å². The monoisotopic (exact) mass is 349 g/mol. The molecule has 1 heterocycles. The molecule has 1 unspecified atom stereocenters. The lowest BCUT2D eigenvalue weighted by molar-refractivity contribution is -0.116. The molecular weight excluding hydrogens is 337 g/mol. The summed E-state index contributed by atoms with van der Waals surface area (Å²) in [5, 5.41) is 13.2. The van der Waals surface area contributed by atoms with Gasteiger partial charge in [-0.25, -0.2) is 4.39 Å². The second-order valence-electron chi connectivity index (χ2n) is 5.03. The topological polar surface area (TPSA) is 49.3 Å². The second kappa shape index (κ2) is 5.58. The Morgan fingerprint density at radius 2 is 2.00 bits per heavy atom. The maximum atomic E-state index is 13.9. The Hall–Kier alpha value is -1.72. The number of fused-ring (bicyclic) bond motifs is 1. The van der Waals surface area contributed by atoms with Gasteiger partial charge in [-0.1, -0.05) is 28.1 Å². The Bertz CT molecular complexity index is 717. The zero-order valence-corrected chi connectivity index (χ0v) is 12.7. The van der Waals surface area contributed by atoms with Crippen molar-refractivity contribution in [2.24, 2.45) is 0 Å². The number of nitrogens with one attached hydrogen (secondary N) is 1. The molecule has 21 heavy (non-hydrogen) atoms. The molecule has 0 saturated heterocycles.